The number of aryl methyl sites for hydroxylation is 1. The molecule has 0 radical (unpaired) electrons. The average Bonchev–Trinajstić information content (AvgIpc) is 3.31. The topological polar surface area (TPSA) is 201 Å². The van der Waals surface area contributed by atoms with Gasteiger partial charge in [-0.05, 0) is 73.6 Å². The molecule has 252 valence electrons. The van der Waals surface area contributed by atoms with E-state index in [1.165, 1.54) is 20.8 Å². The van der Waals surface area contributed by atoms with Gasteiger partial charge in [0.1, 0.15) is 5.60 Å². The molecule has 2 saturated heterocycles. The minimum Gasteiger partial charge on any atom is -0.457 e. The maximum absolute atomic E-state index is 13.2. The maximum atomic E-state index is 13.2. The van der Waals surface area contributed by atoms with Crippen LogP contribution in [0.1, 0.15) is 72.3 Å². The highest BCUT2D eigenvalue weighted by Crippen LogP contribution is 2.50. The van der Waals surface area contributed by atoms with Crippen LogP contribution < -0.4 is 11.1 Å². The Morgan fingerprint density at radius 1 is 1.04 bits per heavy atom. The molecule has 3 fully saturated rings. The number of rotatable bonds is 10. The predicted molar refractivity (Wildman–Crippen MR) is 152 cm³/mol. The summed E-state index contributed by atoms with van der Waals surface area (Å²) in [5.41, 5.74) is -2.08. The quantitative estimate of drug-likeness (QED) is 0.357. The summed E-state index contributed by atoms with van der Waals surface area (Å²) < 4.78 is 55.2. The smallest absolute Gasteiger partial charge is 0.457 e. The molecule has 0 aromatic carbocycles. The molecule has 1 saturated carbocycles. The Morgan fingerprint density at radius 3 is 2.27 bits per heavy atom. The van der Waals surface area contributed by atoms with E-state index < -0.39 is 76.3 Å². The molecule has 1 aliphatic carbocycles. The number of nitrogens with one attached hydrogen (secondary N) is 1. The van der Waals surface area contributed by atoms with Crippen molar-refractivity contribution in [2.75, 3.05) is 19.7 Å². The Balaban J connectivity index is 1.25. The predicted octanol–water partition coefficient (Wildman–Crippen LogP) is 1.80. The number of hydroxylamine groups is 2. The van der Waals surface area contributed by atoms with Crippen molar-refractivity contribution in [3.8, 4) is 0 Å². The van der Waals surface area contributed by atoms with Gasteiger partial charge in [0.2, 0.25) is 5.91 Å². The first-order chi connectivity index (χ1) is 20.8. The molecule has 1 N–H and O–H groups in total. The van der Waals surface area contributed by atoms with Gasteiger partial charge in [-0.1, -0.05) is 0 Å². The van der Waals surface area contributed by atoms with E-state index in [9.17, 15) is 32.4 Å². The van der Waals surface area contributed by atoms with Crippen LogP contribution in [0.25, 0.3) is 0 Å². The Morgan fingerprint density at radius 2 is 1.69 bits per heavy atom. The molecule has 0 spiro atoms. The number of amides is 3. The number of nitrogens with zero attached hydrogens (tertiary/aromatic N) is 2. The van der Waals surface area contributed by atoms with E-state index in [0.717, 1.165) is 0 Å². The van der Waals surface area contributed by atoms with Gasteiger partial charge in [0.05, 0.1) is 29.9 Å². The minimum absolute atomic E-state index is 0.00718. The highest BCUT2D eigenvalue weighted by atomic mass is 32.3. The molecule has 3 amide bonds. The SMILES string of the molecule is Cc1oc(=O)oc1COC(=O)C(C)(C)COS(=O)(=O)ON1C(=O)C2[C@@H](C[C@H]2C(=O)NC2CCN(C(=O)OC(C)(C)C)CC2)[C@@H]1C. The fourth-order valence-corrected chi connectivity index (χ4v) is 6.40. The average molecular weight is 660 g/mol. The van der Waals surface area contributed by atoms with Crippen molar-refractivity contribution in [1.29, 1.82) is 0 Å². The van der Waals surface area contributed by atoms with Gasteiger partial charge in [-0.15, -0.1) is 4.28 Å². The summed E-state index contributed by atoms with van der Waals surface area (Å²) in [4.78, 5) is 63.9. The van der Waals surface area contributed by atoms with Gasteiger partial charge in [-0.2, -0.15) is 13.5 Å². The second-order valence-electron chi connectivity index (χ2n) is 13.3. The van der Waals surface area contributed by atoms with Crippen molar-refractivity contribution in [3.63, 3.8) is 0 Å². The van der Waals surface area contributed by atoms with Crippen LogP contribution in [0.15, 0.2) is 13.6 Å². The van der Waals surface area contributed by atoms with E-state index in [4.69, 9.17) is 26.8 Å². The highest BCUT2D eigenvalue weighted by Gasteiger charge is 2.60. The summed E-state index contributed by atoms with van der Waals surface area (Å²) in [6, 6.07) is -0.824. The number of ether oxygens (including phenoxy) is 2. The molecule has 3 aliphatic rings. The van der Waals surface area contributed by atoms with Gasteiger partial charge in [-0.3, -0.25) is 14.4 Å². The van der Waals surface area contributed by atoms with Crippen LogP contribution in [0.3, 0.4) is 0 Å². The van der Waals surface area contributed by atoms with Crippen LogP contribution in [-0.4, -0.2) is 79.6 Å². The number of esters is 1. The Kier molecular flexibility index (Phi) is 9.76. The number of likely N-dealkylation sites (tertiary alicyclic amines) is 1. The molecule has 0 bridgehead atoms. The lowest BCUT2D eigenvalue weighted by Crippen LogP contribution is -2.53. The van der Waals surface area contributed by atoms with Gasteiger partial charge in [-0.25, -0.2) is 13.8 Å². The third-order valence-corrected chi connectivity index (χ3v) is 8.95. The zero-order chi connectivity index (χ0) is 33.5. The molecule has 16 nitrogen and oxygen atoms in total. The fourth-order valence-electron chi connectivity index (χ4n) is 5.51. The molecule has 2 aliphatic heterocycles. The van der Waals surface area contributed by atoms with Crippen molar-refractivity contribution in [2.45, 2.75) is 92.0 Å². The molecule has 17 heteroatoms. The molecule has 1 unspecified atom stereocenters. The second-order valence-corrected chi connectivity index (χ2v) is 14.5. The number of hydrogen-bond acceptors (Lipinski definition) is 13. The Bertz CT molecular complexity index is 1470. The first-order valence-corrected chi connectivity index (χ1v) is 16.1. The Labute approximate surface area is 260 Å². The molecule has 4 rings (SSSR count). The maximum Gasteiger partial charge on any atom is 0.519 e. The minimum atomic E-state index is -4.79. The van der Waals surface area contributed by atoms with Crippen molar-refractivity contribution >= 4 is 34.3 Å². The van der Waals surface area contributed by atoms with Crippen LogP contribution in [0, 0.1) is 30.1 Å². The zero-order valence-corrected chi connectivity index (χ0v) is 27.3. The van der Waals surface area contributed by atoms with Gasteiger partial charge in [0, 0.05) is 19.1 Å². The lowest BCUT2D eigenvalue weighted by molar-refractivity contribution is -0.162. The summed E-state index contributed by atoms with van der Waals surface area (Å²) >= 11 is 0. The first-order valence-electron chi connectivity index (χ1n) is 14.7. The lowest BCUT2D eigenvalue weighted by Gasteiger charge is -2.39. The largest absolute Gasteiger partial charge is 0.519 e. The van der Waals surface area contributed by atoms with E-state index >= 15 is 0 Å². The van der Waals surface area contributed by atoms with Crippen molar-refractivity contribution in [2.24, 2.45) is 23.2 Å². The van der Waals surface area contributed by atoms with Crippen molar-refractivity contribution in [1.82, 2.24) is 15.3 Å². The van der Waals surface area contributed by atoms with E-state index in [0.29, 0.717) is 37.4 Å². The molecular formula is C28H41N3O13S. The number of piperidine rings is 1. The lowest BCUT2D eigenvalue weighted by atomic mass is 9.64. The second kappa shape index (κ2) is 12.7. The van der Waals surface area contributed by atoms with Gasteiger partial charge < -0.3 is 28.5 Å². The molecule has 3 heterocycles. The van der Waals surface area contributed by atoms with Crippen LogP contribution in [0.2, 0.25) is 0 Å². The van der Waals surface area contributed by atoms with Gasteiger partial charge in [0.15, 0.2) is 18.1 Å². The van der Waals surface area contributed by atoms with E-state index in [-0.39, 0.29) is 29.4 Å². The summed E-state index contributed by atoms with van der Waals surface area (Å²) in [5.74, 6) is -4.32. The summed E-state index contributed by atoms with van der Waals surface area (Å²) in [6.07, 6.45) is 1.03. The van der Waals surface area contributed by atoms with E-state index in [1.807, 2.05) is 0 Å². The molecule has 1 aromatic heterocycles. The van der Waals surface area contributed by atoms with Crippen molar-refractivity contribution < 1.29 is 54.4 Å². The third kappa shape index (κ3) is 8.05. The van der Waals surface area contributed by atoms with Crippen LogP contribution in [0.5, 0.6) is 0 Å². The number of carbonyl (C=O) groups excluding carboxylic acids is 4. The summed E-state index contributed by atoms with van der Waals surface area (Å²) in [5, 5.41) is 3.68. The van der Waals surface area contributed by atoms with E-state index in [2.05, 4.69) is 5.32 Å². The molecular weight excluding hydrogens is 618 g/mol. The number of carbonyl (C=O) groups is 4. The summed E-state index contributed by atoms with van der Waals surface area (Å²) in [6.45, 7) is 10.9. The van der Waals surface area contributed by atoms with Gasteiger partial charge in [0.25, 0.3) is 5.91 Å². The first kappa shape index (κ1) is 34.4. The standard InChI is InChI=1S/C28H41N3O13S/c1-15-18-12-19(22(32)29-17-8-10-30(11-9-17)25(35)43-27(3,4)5)21(18)23(33)31(15)44-45(37,38)40-14-28(6,7)24(34)39-13-20-16(2)41-26(36)42-20/h15,17-19,21H,8-14H2,1-7H3,(H,29,32)/t15-,18-,19+,21?/m0/s1. The van der Waals surface area contributed by atoms with Crippen LogP contribution in [0.4, 0.5) is 4.79 Å². The zero-order valence-electron chi connectivity index (χ0n) is 26.4. The molecule has 4 atom stereocenters. The monoisotopic (exact) mass is 659 g/mol. The highest BCUT2D eigenvalue weighted by molar-refractivity contribution is 7.81. The molecule has 1 aromatic rings. The fraction of sp³-hybridized carbons (Fsp3) is 0.750. The number of hydrogen-bond donors (Lipinski definition) is 1. The Hall–Kier alpha value is -3.44. The van der Waals surface area contributed by atoms with E-state index in [1.54, 1.807) is 32.6 Å². The van der Waals surface area contributed by atoms with Crippen molar-refractivity contribution in [3.05, 3.63) is 22.1 Å². The molecule has 45 heavy (non-hydrogen) atoms. The van der Waals surface area contributed by atoms with Crippen LogP contribution in [-0.2, 0) is 49.3 Å². The third-order valence-electron chi connectivity index (χ3n) is 8.20. The van der Waals surface area contributed by atoms with Gasteiger partial charge >= 0.3 is 28.3 Å². The number of fused-ring (bicyclic) bond motifs is 1. The summed E-state index contributed by atoms with van der Waals surface area (Å²) in [7, 11) is -4.79. The van der Waals surface area contributed by atoms with Crippen LogP contribution >= 0.6 is 0 Å². The normalized spacial score (nSPS) is 24.2.